The Bertz CT molecular complexity index is 626. The van der Waals surface area contributed by atoms with Crippen molar-refractivity contribution in [3.8, 4) is 0 Å². The van der Waals surface area contributed by atoms with Gasteiger partial charge in [-0.3, -0.25) is 4.79 Å². The SMILES string of the molecule is CC.CC.CCc1cn(CCCC(=O)OC)c2cccc(C(C)C)c12. The van der Waals surface area contributed by atoms with E-state index in [-0.39, 0.29) is 5.97 Å². The highest BCUT2D eigenvalue weighted by Crippen LogP contribution is 2.30. The summed E-state index contributed by atoms with van der Waals surface area (Å²) in [4.78, 5) is 11.2. The van der Waals surface area contributed by atoms with E-state index in [2.05, 4.69) is 49.7 Å². The highest BCUT2D eigenvalue weighted by molar-refractivity contribution is 5.88. The van der Waals surface area contributed by atoms with Crippen molar-refractivity contribution in [2.45, 2.75) is 80.2 Å². The molecule has 0 fully saturated rings. The number of methoxy groups -OCH3 is 1. The Morgan fingerprint density at radius 3 is 2.32 bits per heavy atom. The fourth-order valence-electron chi connectivity index (χ4n) is 2.90. The quantitative estimate of drug-likeness (QED) is 0.571. The van der Waals surface area contributed by atoms with E-state index < -0.39 is 0 Å². The molecule has 0 aliphatic carbocycles. The number of rotatable bonds is 6. The van der Waals surface area contributed by atoms with Crippen molar-refractivity contribution < 1.29 is 9.53 Å². The molecule has 25 heavy (non-hydrogen) atoms. The van der Waals surface area contributed by atoms with E-state index in [1.54, 1.807) is 0 Å². The summed E-state index contributed by atoms with van der Waals surface area (Å²) in [6.45, 7) is 15.5. The molecule has 0 spiro atoms. The number of benzene rings is 1. The summed E-state index contributed by atoms with van der Waals surface area (Å²) in [5, 5.41) is 1.40. The smallest absolute Gasteiger partial charge is 0.305 e. The van der Waals surface area contributed by atoms with Crippen LogP contribution in [0.3, 0.4) is 0 Å². The molecule has 0 radical (unpaired) electrons. The predicted molar refractivity (Wildman–Crippen MR) is 109 cm³/mol. The molecule has 0 saturated carbocycles. The Balaban J connectivity index is 0.00000134. The normalized spacial score (nSPS) is 9.96. The second-order valence-electron chi connectivity index (χ2n) is 5.78. The minimum absolute atomic E-state index is 0.134. The van der Waals surface area contributed by atoms with Crippen LogP contribution >= 0.6 is 0 Å². The van der Waals surface area contributed by atoms with E-state index in [9.17, 15) is 4.79 Å². The van der Waals surface area contributed by atoms with E-state index in [0.29, 0.717) is 12.3 Å². The lowest BCUT2D eigenvalue weighted by molar-refractivity contribution is -0.140. The minimum Gasteiger partial charge on any atom is -0.469 e. The van der Waals surface area contributed by atoms with Crippen LogP contribution in [0.25, 0.3) is 10.9 Å². The van der Waals surface area contributed by atoms with E-state index in [0.717, 1.165) is 19.4 Å². The molecular formula is C22H37NO2. The van der Waals surface area contributed by atoms with Crippen LogP contribution in [-0.2, 0) is 22.5 Å². The van der Waals surface area contributed by atoms with Gasteiger partial charge >= 0.3 is 5.97 Å². The van der Waals surface area contributed by atoms with Crippen molar-refractivity contribution in [2.24, 2.45) is 0 Å². The van der Waals surface area contributed by atoms with Gasteiger partial charge in [0.2, 0.25) is 0 Å². The number of esters is 1. The molecule has 1 heterocycles. The van der Waals surface area contributed by atoms with Crippen molar-refractivity contribution in [3.05, 3.63) is 35.5 Å². The summed E-state index contributed by atoms with van der Waals surface area (Å²) in [7, 11) is 1.44. The van der Waals surface area contributed by atoms with E-state index in [1.165, 1.54) is 29.1 Å². The van der Waals surface area contributed by atoms with Crippen molar-refractivity contribution in [1.82, 2.24) is 4.57 Å². The zero-order chi connectivity index (χ0) is 19.4. The number of ether oxygens (including phenoxy) is 1. The number of fused-ring (bicyclic) bond motifs is 1. The van der Waals surface area contributed by atoms with Gasteiger partial charge in [-0.1, -0.05) is 60.6 Å². The maximum absolute atomic E-state index is 11.2. The van der Waals surface area contributed by atoms with Gasteiger partial charge in [0.05, 0.1) is 7.11 Å². The van der Waals surface area contributed by atoms with Crippen LogP contribution in [0.5, 0.6) is 0 Å². The molecular weight excluding hydrogens is 310 g/mol. The fraction of sp³-hybridized carbons (Fsp3) is 0.591. The Morgan fingerprint density at radius 1 is 1.16 bits per heavy atom. The average molecular weight is 348 g/mol. The number of aryl methyl sites for hydroxylation is 2. The van der Waals surface area contributed by atoms with Crippen LogP contribution < -0.4 is 0 Å². The van der Waals surface area contributed by atoms with Gasteiger partial charge in [0, 0.05) is 30.1 Å². The van der Waals surface area contributed by atoms with E-state index in [4.69, 9.17) is 4.74 Å². The number of nitrogens with zero attached hydrogens (tertiary/aromatic N) is 1. The van der Waals surface area contributed by atoms with Crippen LogP contribution in [0.1, 0.15) is 78.4 Å². The molecule has 0 amide bonds. The molecule has 142 valence electrons. The van der Waals surface area contributed by atoms with Crippen LogP contribution in [0, 0.1) is 0 Å². The molecule has 2 aromatic rings. The molecule has 1 aromatic carbocycles. The highest BCUT2D eigenvalue weighted by atomic mass is 16.5. The summed E-state index contributed by atoms with van der Waals surface area (Å²) in [6, 6.07) is 6.54. The Labute approximate surface area is 154 Å². The molecule has 0 atom stereocenters. The number of hydrogen-bond acceptors (Lipinski definition) is 2. The van der Waals surface area contributed by atoms with Gasteiger partial charge in [0.25, 0.3) is 0 Å². The first kappa shape index (κ1) is 23.2. The summed E-state index contributed by atoms with van der Waals surface area (Å²) < 4.78 is 6.99. The van der Waals surface area contributed by atoms with Gasteiger partial charge in [0.15, 0.2) is 0 Å². The molecule has 3 heteroatoms. The molecule has 1 aromatic heterocycles. The first-order chi connectivity index (χ1) is 12.1. The van der Waals surface area contributed by atoms with Crippen molar-refractivity contribution >= 4 is 16.9 Å². The van der Waals surface area contributed by atoms with E-state index >= 15 is 0 Å². The van der Waals surface area contributed by atoms with E-state index in [1.807, 2.05) is 27.7 Å². The molecule has 0 unspecified atom stereocenters. The fourth-order valence-corrected chi connectivity index (χ4v) is 2.90. The third-order valence-electron chi connectivity index (χ3n) is 4.03. The first-order valence-electron chi connectivity index (χ1n) is 9.75. The molecule has 0 saturated heterocycles. The monoisotopic (exact) mass is 347 g/mol. The van der Waals surface area contributed by atoms with Gasteiger partial charge in [-0.15, -0.1) is 0 Å². The summed E-state index contributed by atoms with van der Waals surface area (Å²) in [6.07, 6.45) is 4.56. The standard InChI is InChI=1S/C18H25NO2.2C2H6/c1-5-14-12-19(11-7-10-17(20)21-4)16-9-6-8-15(13(2)3)18(14)16;2*1-2/h6,8-9,12-13H,5,7,10-11H2,1-4H3;2*1-2H3. The zero-order valence-corrected chi connectivity index (χ0v) is 17.5. The second kappa shape index (κ2) is 12.6. The lowest BCUT2D eigenvalue weighted by Gasteiger charge is -2.10. The third-order valence-corrected chi connectivity index (χ3v) is 4.03. The van der Waals surface area contributed by atoms with Crippen LogP contribution in [0.15, 0.2) is 24.4 Å². The van der Waals surface area contributed by atoms with Crippen molar-refractivity contribution in [3.63, 3.8) is 0 Å². The number of aromatic nitrogens is 1. The first-order valence-corrected chi connectivity index (χ1v) is 9.75. The Kier molecular flexibility index (Phi) is 11.7. The second-order valence-corrected chi connectivity index (χ2v) is 5.78. The summed E-state index contributed by atoms with van der Waals surface area (Å²) in [5.74, 6) is 0.384. The largest absolute Gasteiger partial charge is 0.469 e. The van der Waals surface area contributed by atoms with Gasteiger partial charge in [-0.05, 0) is 36.0 Å². The molecule has 0 bridgehead atoms. The average Bonchev–Trinajstić information content (AvgIpc) is 3.02. The summed E-state index contributed by atoms with van der Waals surface area (Å²) >= 11 is 0. The van der Waals surface area contributed by atoms with Gasteiger partial charge in [-0.25, -0.2) is 0 Å². The number of hydrogen-bond donors (Lipinski definition) is 0. The third kappa shape index (κ3) is 6.22. The highest BCUT2D eigenvalue weighted by Gasteiger charge is 2.13. The van der Waals surface area contributed by atoms with Gasteiger partial charge < -0.3 is 9.30 Å². The summed E-state index contributed by atoms with van der Waals surface area (Å²) in [5.41, 5.74) is 4.09. The number of carbonyl (C=O) groups is 1. The minimum atomic E-state index is -0.134. The Morgan fingerprint density at radius 2 is 1.80 bits per heavy atom. The topological polar surface area (TPSA) is 31.2 Å². The lowest BCUT2D eigenvalue weighted by Crippen LogP contribution is -2.03. The van der Waals surface area contributed by atoms with Crippen molar-refractivity contribution in [2.75, 3.05) is 7.11 Å². The zero-order valence-electron chi connectivity index (χ0n) is 17.5. The van der Waals surface area contributed by atoms with Crippen LogP contribution in [-0.4, -0.2) is 17.6 Å². The van der Waals surface area contributed by atoms with Crippen LogP contribution in [0.2, 0.25) is 0 Å². The van der Waals surface area contributed by atoms with Crippen LogP contribution in [0.4, 0.5) is 0 Å². The number of carbonyl (C=O) groups excluding carboxylic acids is 1. The molecule has 3 nitrogen and oxygen atoms in total. The van der Waals surface area contributed by atoms with Crippen molar-refractivity contribution in [1.29, 1.82) is 0 Å². The molecule has 0 aliphatic heterocycles. The molecule has 0 aliphatic rings. The van der Waals surface area contributed by atoms with Gasteiger partial charge in [-0.2, -0.15) is 0 Å². The predicted octanol–water partition coefficient (Wildman–Crippen LogP) is 6.33. The molecule has 0 N–H and O–H groups in total. The maximum Gasteiger partial charge on any atom is 0.305 e. The lowest BCUT2D eigenvalue weighted by atomic mass is 9.96. The van der Waals surface area contributed by atoms with Gasteiger partial charge in [0.1, 0.15) is 0 Å². The Hall–Kier alpha value is -1.77. The molecule has 2 rings (SSSR count). The maximum atomic E-state index is 11.2.